The highest BCUT2D eigenvalue weighted by Gasteiger charge is 2.35. The Hall–Kier alpha value is -2.67. The van der Waals surface area contributed by atoms with Crippen LogP contribution >= 0.6 is 11.8 Å². The summed E-state index contributed by atoms with van der Waals surface area (Å²) in [5, 5.41) is 2.72. The number of amides is 2. The molecule has 1 atom stereocenters. The molecule has 7 heteroatoms. The van der Waals surface area contributed by atoms with E-state index in [1.54, 1.807) is 17.0 Å². The van der Waals surface area contributed by atoms with Crippen LogP contribution < -0.4 is 5.32 Å². The van der Waals surface area contributed by atoms with Crippen LogP contribution in [-0.4, -0.2) is 33.7 Å². The van der Waals surface area contributed by atoms with Crippen LogP contribution in [-0.2, 0) is 16.1 Å². The van der Waals surface area contributed by atoms with Crippen molar-refractivity contribution in [1.82, 2.24) is 10.2 Å². The molecule has 1 fully saturated rings. The minimum atomic E-state index is -0.510. The zero-order valence-electron chi connectivity index (χ0n) is 14.9. The van der Waals surface area contributed by atoms with Crippen molar-refractivity contribution >= 4 is 34.4 Å². The van der Waals surface area contributed by atoms with Gasteiger partial charge in [0, 0.05) is 13.0 Å². The molecule has 2 aromatic rings. The van der Waals surface area contributed by atoms with Crippen LogP contribution in [0.5, 0.6) is 0 Å². The molecule has 2 aromatic carbocycles. The molecule has 1 heterocycles. The van der Waals surface area contributed by atoms with E-state index >= 15 is 0 Å². The van der Waals surface area contributed by atoms with Crippen molar-refractivity contribution in [2.45, 2.75) is 25.1 Å². The minimum absolute atomic E-state index is 0.103. The SMILES string of the molecule is CCNC(=O)C1CC(=O)N(Cc2ccc(F)cc2)C(=Nc2ccccc2)S1. The molecule has 3 rings (SSSR count). The number of para-hydroxylation sites is 1. The number of halogens is 1. The average Bonchev–Trinajstić information content (AvgIpc) is 2.67. The maximum Gasteiger partial charge on any atom is 0.234 e. The topological polar surface area (TPSA) is 61.8 Å². The molecule has 1 saturated heterocycles. The first kappa shape index (κ1) is 19.1. The van der Waals surface area contributed by atoms with Crippen molar-refractivity contribution in [3.8, 4) is 0 Å². The highest BCUT2D eigenvalue weighted by molar-refractivity contribution is 8.15. The van der Waals surface area contributed by atoms with E-state index in [-0.39, 0.29) is 30.6 Å². The summed E-state index contributed by atoms with van der Waals surface area (Å²) < 4.78 is 13.2. The van der Waals surface area contributed by atoms with Gasteiger partial charge in [-0.3, -0.25) is 14.5 Å². The van der Waals surface area contributed by atoms with Gasteiger partial charge in [-0.25, -0.2) is 9.38 Å². The summed E-state index contributed by atoms with van der Waals surface area (Å²) in [7, 11) is 0. The van der Waals surface area contributed by atoms with Crippen LogP contribution in [0.1, 0.15) is 18.9 Å². The second-order valence-corrected chi connectivity index (χ2v) is 7.21. The summed E-state index contributed by atoms with van der Waals surface area (Å²) in [4.78, 5) is 31.2. The van der Waals surface area contributed by atoms with Crippen molar-refractivity contribution in [1.29, 1.82) is 0 Å². The van der Waals surface area contributed by atoms with Crippen LogP contribution in [0.4, 0.5) is 10.1 Å². The van der Waals surface area contributed by atoms with Crippen molar-refractivity contribution in [3.63, 3.8) is 0 Å². The normalized spacial score (nSPS) is 18.6. The molecule has 0 saturated carbocycles. The average molecular weight is 385 g/mol. The predicted molar refractivity (Wildman–Crippen MR) is 105 cm³/mol. The van der Waals surface area contributed by atoms with Crippen LogP contribution in [0.15, 0.2) is 59.6 Å². The standard InChI is InChI=1S/C20H20FN3O2S/c1-2-22-19(26)17-12-18(25)24(13-14-8-10-15(21)11-9-14)20(27-17)23-16-6-4-3-5-7-16/h3-11,17H,2,12-13H2,1H3,(H,22,26). The molecular weight excluding hydrogens is 365 g/mol. The summed E-state index contributed by atoms with van der Waals surface area (Å²) in [5.41, 5.74) is 1.50. The smallest absolute Gasteiger partial charge is 0.234 e. The Labute approximate surface area is 161 Å². The number of hydrogen-bond donors (Lipinski definition) is 1. The highest BCUT2D eigenvalue weighted by Crippen LogP contribution is 2.30. The molecule has 0 aliphatic carbocycles. The number of rotatable bonds is 5. The summed E-state index contributed by atoms with van der Waals surface area (Å²) in [5.74, 6) is -0.672. The zero-order valence-corrected chi connectivity index (χ0v) is 15.7. The van der Waals surface area contributed by atoms with Crippen LogP contribution in [0.25, 0.3) is 0 Å². The van der Waals surface area contributed by atoms with E-state index in [0.717, 1.165) is 5.56 Å². The lowest BCUT2D eigenvalue weighted by molar-refractivity contribution is -0.130. The maximum atomic E-state index is 13.2. The lowest BCUT2D eigenvalue weighted by Gasteiger charge is -2.31. The van der Waals surface area contributed by atoms with Gasteiger partial charge in [-0.15, -0.1) is 0 Å². The van der Waals surface area contributed by atoms with E-state index in [0.29, 0.717) is 17.4 Å². The number of aliphatic imine (C=N–C) groups is 1. The van der Waals surface area contributed by atoms with E-state index in [1.807, 2.05) is 37.3 Å². The summed E-state index contributed by atoms with van der Waals surface area (Å²) in [6.45, 7) is 2.63. The van der Waals surface area contributed by atoms with Crippen molar-refractivity contribution in [2.75, 3.05) is 6.54 Å². The number of carbonyl (C=O) groups is 2. The zero-order chi connectivity index (χ0) is 19.2. The highest BCUT2D eigenvalue weighted by atomic mass is 32.2. The van der Waals surface area contributed by atoms with Crippen LogP contribution in [0.2, 0.25) is 0 Å². The second kappa shape index (κ2) is 8.81. The molecule has 1 N–H and O–H groups in total. The van der Waals surface area contributed by atoms with Gasteiger partial charge in [-0.05, 0) is 36.8 Å². The lowest BCUT2D eigenvalue weighted by atomic mass is 10.2. The van der Waals surface area contributed by atoms with Crippen LogP contribution in [0, 0.1) is 5.82 Å². The van der Waals surface area contributed by atoms with Gasteiger partial charge in [0.05, 0.1) is 17.5 Å². The van der Waals surface area contributed by atoms with E-state index < -0.39 is 5.25 Å². The van der Waals surface area contributed by atoms with Gasteiger partial charge in [0.15, 0.2) is 5.17 Å². The van der Waals surface area contributed by atoms with Gasteiger partial charge in [0.1, 0.15) is 5.82 Å². The molecule has 0 aromatic heterocycles. The van der Waals surface area contributed by atoms with Gasteiger partial charge < -0.3 is 5.32 Å². The molecule has 0 spiro atoms. The Morgan fingerprint density at radius 1 is 1.22 bits per heavy atom. The summed E-state index contributed by atoms with van der Waals surface area (Å²) in [6.07, 6.45) is 0.103. The summed E-state index contributed by atoms with van der Waals surface area (Å²) in [6, 6.07) is 15.3. The van der Waals surface area contributed by atoms with Crippen molar-refractivity contribution in [3.05, 3.63) is 66.0 Å². The molecule has 5 nitrogen and oxygen atoms in total. The molecule has 140 valence electrons. The van der Waals surface area contributed by atoms with E-state index in [4.69, 9.17) is 0 Å². The lowest BCUT2D eigenvalue weighted by Crippen LogP contribution is -2.46. The third-order valence-electron chi connectivity index (χ3n) is 4.02. The van der Waals surface area contributed by atoms with Crippen molar-refractivity contribution < 1.29 is 14.0 Å². The van der Waals surface area contributed by atoms with Gasteiger partial charge >= 0.3 is 0 Å². The number of thioether (sulfide) groups is 1. The molecule has 2 amide bonds. The summed E-state index contributed by atoms with van der Waals surface area (Å²) >= 11 is 1.28. The minimum Gasteiger partial charge on any atom is -0.355 e. The quantitative estimate of drug-likeness (QED) is 0.857. The number of nitrogens with one attached hydrogen (secondary N) is 1. The molecular formula is C20H20FN3O2S. The van der Waals surface area contributed by atoms with Gasteiger partial charge in [0.2, 0.25) is 11.8 Å². The molecule has 1 unspecified atom stereocenters. The van der Waals surface area contributed by atoms with E-state index in [9.17, 15) is 14.0 Å². The van der Waals surface area contributed by atoms with Crippen molar-refractivity contribution in [2.24, 2.45) is 4.99 Å². The van der Waals surface area contributed by atoms with E-state index in [1.165, 1.54) is 23.9 Å². The number of amidine groups is 1. The number of benzene rings is 2. The Kier molecular flexibility index (Phi) is 6.24. The van der Waals surface area contributed by atoms with Gasteiger partial charge in [-0.1, -0.05) is 42.1 Å². The first-order chi connectivity index (χ1) is 13.1. The maximum absolute atomic E-state index is 13.2. The fraction of sp³-hybridized carbons (Fsp3) is 0.250. The predicted octanol–water partition coefficient (Wildman–Crippen LogP) is 3.48. The molecule has 0 bridgehead atoms. The third kappa shape index (κ3) is 4.95. The first-order valence-corrected chi connectivity index (χ1v) is 9.57. The number of nitrogens with zero attached hydrogens (tertiary/aromatic N) is 2. The molecule has 1 aliphatic rings. The molecule has 1 aliphatic heterocycles. The number of carbonyl (C=O) groups excluding carboxylic acids is 2. The third-order valence-corrected chi connectivity index (χ3v) is 5.21. The Bertz CT molecular complexity index is 840. The largest absolute Gasteiger partial charge is 0.355 e. The van der Waals surface area contributed by atoms with Gasteiger partial charge in [0.25, 0.3) is 0 Å². The molecule has 0 radical (unpaired) electrons. The Morgan fingerprint density at radius 3 is 2.59 bits per heavy atom. The first-order valence-electron chi connectivity index (χ1n) is 8.69. The Balaban J connectivity index is 1.89. The van der Waals surface area contributed by atoms with Crippen LogP contribution in [0.3, 0.4) is 0 Å². The fourth-order valence-electron chi connectivity index (χ4n) is 2.67. The fourth-order valence-corrected chi connectivity index (χ4v) is 3.79. The van der Waals surface area contributed by atoms with Gasteiger partial charge in [-0.2, -0.15) is 0 Å². The van der Waals surface area contributed by atoms with E-state index in [2.05, 4.69) is 10.3 Å². The second-order valence-electron chi connectivity index (χ2n) is 6.04. The molecule has 27 heavy (non-hydrogen) atoms. The number of hydrogen-bond acceptors (Lipinski definition) is 4. The monoisotopic (exact) mass is 385 g/mol. The Morgan fingerprint density at radius 2 is 1.93 bits per heavy atom.